The van der Waals surface area contributed by atoms with Gasteiger partial charge in [0.1, 0.15) is 11.8 Å². The number of amides is 1. The standard InChI is InChI=1S/C29H48N4O4/c1-27(2,3)37-26(34)32(7)16-15-31(6)18-23-19-33(24-10-8-9-17-35-24)30-25(23)22-11-13-29(14-12-22)20-28(4,5)21-36-29/h11,19,24H,8-10,12-18,20-21H2,1-7H3. The average molecular weight is 517 g/mol. The number of hydrogen-bond donors (Lipinski definition) is 0. The van der Waals surface area contributed by atoms with E-state index in [1.54, 1.807) is 11.9 Å². The second kappa shape index (κ2) is 11.1. The Bertz CT molecular complexity index is 973. The molecular formula is C29H48N4O4. The van der Waals surface area contributed by atoms with Crippen molar-refractivity contribution in [2.45, 2.75) is 104 Å². The number of carbonyl (C=O) groups excluding carboxylic acids is 1. The van der Waals surface area contributed by atoms with Crippen molar-refractivity contribution in [3.63, 3.8) is 0 Å². The zero-order chi connectivity index (χ0) is 26.8. The molecule has 0 bridgehead atoms. The van der Waals surface area contributed by atoms with Crippen LogP contribution in [0.5, 0.6) is 0 Å². The highest BCUT2D eigenvalue weighted by molar-refractivity contribution is 5.68. The van der Waals surface area contributed by atoms with E-state index in [4.69, 9.17) is 19.3 Å². The minimum Gasteiger partial charge on any atom is -0.444 e. The fourth-order valence-corrected chi connectivity index (χ4v) is 5.72. The number of allylic oxidation sites excluding steroid dienone is 1. The molecule has 3 heterocycles. The van der Waals surface area contributed by atoms with Crippen molar-refractivity contribution in [1.82, 2.24) is 19.6 Å². The zero-order valence-corrected chi connectivity index (χ0v) is 24.1. The molecule has 1 spiro atoms. The molecule has 0 N–H and O–H groups in total. The van der Waals surface area contributed by atoms with Crippen molar-refractivity contribution in [2.75, 3.05) is 40.4 Å². The number of rotatable bonds is 7. The van der Waals surface area contributed by atoms with Crippen LogP contribution in [-0.2, 0) is 20.8 Å². The van der Waals surface area contributed by atoms with E-state index < -0.39 is 5.60 Å². The zero-order valence-electron chi connectivity index (χ0n) is 24.1. The van der Waals surface area contributed by atoms with E-state index in [2.05, 4.69) is 38.1 Å². The molecule has 0 aromatic carbocycles. The van der Waals surface area contributed by atoms with Crippen molar-refractivity contribution in [3.05, 3.63) is 23.5 Å². The summed E-state index contributed by atoms with van der Waals surface area (Å²) in [7, 11) is 3.89. The Hall–Kier alpha value is -1.90. The van der Waals surface area contributed by atoms with Crippen LogP contribution in [0.4, 0.5) is 4.79 Å². The minimum atomic E-state index is -0.493. The Morgan fingerprint density at radius 2 is 2.03 bits per heavy atom. The molecule has 2 saturated heterocycles. The summed E-state index contributed by atoms with van der Waals surface area (Å²) in [5.41, 5.74) is 3.38. The maximum absolute atomic E-state index is 12.4. The maximum Gasteiger partial charge on any atom is 0.410 e. The number of carbonyl (C=O) groups is 1. The molecule has 208 valence electrons. The topological polar surface area (TPSA) is 69.1 Å². The first-order valence-electron chi connectivity index (χ1n) is 14.0. The van der Waals surface area contributed by atoms with Crippen molar-refractivity contribution >= 4 is 11.7 Å². The van der Waals surface area contributed by atoms with Gasteiger partial charge in [0.25, 0.3) is 0 Å². The van der Waals surface area contributed by atoms with Gasteiger partial charge in [0.15, 0.2) is 0 Å². The number of hydrogen-bond acceptors (Lipinski definition) is 6. The van der Waals surface area contributed by atoms with E-state index in [1.165, 1.54) is 17.6 Å². The van der Waals surface area contributed by atoms with Gasteiger partial charge in [-0.1, -0.05) is 19.9 Å². The molecule has 1 aromatic rings. The molecule has 37 heavy (non-hydrogen) atoms. The first-order valence-corrected chi connectivity index (χ1v) is 14.0. The Morgan fingerprint density at radius 1 is 1.24 bits per heavy atom. The normalized spacial score (nSPS) is 25.9. The number of ether oxygens (including phenoxy) is 3. The van der Waals surface area contributed by atoms with Gasteiger partial charge in [-0.05, 0) is 83.8 Å². The molecule has 8 heteroatoms. The van der Waals surface area contributed by atoms with Crippen LogP contribution in [-0.4, -0.2) is 77.3 Å². The molecule has 2 aliphatic heterocycles. The smallest absolute Gasteiger partial charge is 0.410 e. The summed E-state index contributed by atoms with van der Waals surface area (Å²) in [5, 5.41) is 5.09. The average Bonchev–Trinajstić information content (AvgIpc) is 3.38. The molecule has 1 aliphatic carbocycles. The Balaban J connectivity index is 1.45. The highest BCUT2D eigenvalue weighted by Crippen LogP contribution is 2.47. The third-order valence-corrected chi connectivity index (χ3v) is 7.67. The van der Waals surface area contributed by atoms with E-state index in [0.717, 1.165) is 70.5 Å². The van der Waals surface area contributed by atoms with E-state index in [0.29, 0.717) is 6.54 Å². The van der Waals surface area contributed by atoms with E-state index in [1.807, 2.05) is 25.5 Å². The molecular weight excluding hydrogens is 468 g/mol. The lowest BCUT2D eigenvalue weighted by molar-refractivity contribution is -0.0396. The molecule has 1 amide bonds. The van der Waals surface area contributed by atoms with Crippen LogP contribution in [0.1, 0.15) is 97.0 Å². The van der Waals surface area contributed by atoms with Crippen LogP contribution in [0.3, 0.4) is 0 Å². The summed E-state index contributed by atoms with van der Waals surface area (Å²) < 4.78 is 19.9. The number of nitrogens with zero attached hydrogens (tertiary/aromatic N) is 4. The molecule has 2 atom stereocenters. The van der Waals surface area contributed by atoms with Crippen molar-refractivity contribution in [1.29, 1.82) is 0 Å². The Labute approximate surface area is 223 Å². The second-order valence-electron chi connectivity index (χ2n) is 13.2. The third kappa shape index (κ3) is 7.36. The number of likely N-dealkylation sites (N-methyl/N-ethyl adjacent to an activating group) is 2. The van der Waals surface area contributed by atoms with Gasteiger partial charge in [-0.25, -0.2) is 9.48 Å². The van der Waals surface area contributed by atoms with Gasteiger partial charge < -0.3 is 24.0 Å². The summed E-state index contributed by atoms with van der Waals surface area (Å²) in [6, 6.07) is 0. The lowest BCUT2D eigenvalue weighted by atomic mass is 9.76. The van der Waals surface area contributed by atoms with E-state index in [9.17, 15) is 4.79 Å². The highest BCUT2D eigenvalue weighted by atomic mass is 16.6. The van der Waals surface area contributed by atoms with E-state index >= 15 is 0 Å². The monoisotopic (exact) mass is 516 g/mol. The van der Waals surface area contributed by atoms with Crippen LogP contribution >= 0.6 is 0 Å². The van der Waals surface area contributed by atoms with Crippen LogP contribution in [0.25, 0.3) is 5.57 Å². The molecule has 4 rings (SSSR count). The maximum atomic E-state index is 12.4. The van der Waals surface area contributed by atoms with Crippen LogP contribution in [0.2, 0.25) is 0 Å². The second-order valence-corrected chi connectivity index (χ2v) is 13.2. The summed E-state index contributed by atoms with van der Waals surface area (Å²) in [4.78, 5) is 16.3. The van der Waals surface area contributed by atoms with Gasteiger partial charge >= 0.3 is 6.09 Å². The number of aromatic nitrogens is 2. The lowest BCUT2D eigenvalue weighted by Gasteiger charge is -2.32. The van der Waals surface area contributed by atoms with Gasteiger partial charge in [0.2, 0.25) is 0 Å². The quantitative estimate of drug-likeness (QED) is 0.468. The predicted octanol–water partition coefficient (Wildman–Crippen LogP) is 5.63. The largest absolute Gasteiger partial charge is 0.444 e. The van der Waals surface area contributed by atoms with Crippen molar-refractivity contribution in [2.24, 2.45) is 5.41 Å². The van der Waals surface area contributed by atoms with Gasteiger partial charge in [-0.15, -0.1) is 0 Å². The first kappa shape index (κ1) is 28.1. The van der Waals surface area contributed by atoms with Gasteiger partial charge in [-0.3, -0.25) is 0 Å². The molecule has 8 nitrogen and oxygen atoms in total. The van der Waals surface area contributed by atoms with Crippen LogP contribution in [0, 0.1) is 5.41 Å². The minimum absolute atomic E-state index is 0.00868. The fraction of sp³-hybridized carbons (Fsp3) is 0.793. The van der Waals surface area contributed by atoms with Crippen LogP contribution in [0.15, 0.2) is 12.3 Å². The van der Waals surface area contributed by atoms with E-state index in [-0.39, 0.29) is 23.3 Å². The molecule has 2 fully saturated rings. The van der Waals surface area contributed by atoms with Crippen molar-refractivity contribution in [3.8, 4) is 0 Å². The molecule has 3 aliphatic rings. The van der Waals surface area contributed by atoms with Crippen molar-refractivity contribution < 1.29 is 19.0 Å². The molecule has 0 saturated carbocycles. The van der Waals surface area contributed by atoms with Gasteiger partial charge in [0.05, 0.1) is 17.9 Å². The Kier molecular flexibility index (Phi) is 8.41. The lowest BCUT2D eigenvalue weighted by Crippen LogP contribution is -2.38. The molecule has 1 aromatic heterocycles. The van der Waals surface area contributed by atoms with Crippen LogP contribution < -0.4 is 0 Å². The van der Waals surface area contributed by atoms with Gasteiger partial charge in [0, 0.05) is 45.0 Å². The Morgan fingerprint density at radius 3 is 2.62 bits per heavy atom. The highest BCUT2D eigenvalue weighted by Gasteiger charge is 2.45. The SMILES string of the molecule is CN(CCN(C)C(=O)OC(C)(C)C)Cc1cn(C2CCCCO2)nc1C1=CCC2(CC1)CC(C)(C)CO2. The summed E-state index contributed by atoms with van der Waals surface area (Å²) in [5.74, 6) is 0. The summed E-state index contributed by atoms with van der Waals surface area (Å²) in [6.45, 7) is 14.0. The molecule has 2 unspecified atom stereocenters. The molecule has 0 radical (unpaired) electrons. The third-order valence-electron chi connectivity index (χ3n) is 7.67. The fourth-order valence-electron chi connectivity index (χ4n) is 5.72. The summed E-state index contributed by atoms with van der Waals surface area (Å²) in [6.07, 6.45) is 11.7. The van der Waals surface area contributed by atoms with Gasteiger partial charge in [-0.2, -0.15) is 5.10 Å². The predicted molar refractivity (Wildman–Crippen MR) is 145 cm³/mol. The summed E-state index contributed by atoms with van der Waals surface area (Å²) >= 11 is 0. The first-order chi connectivity index (χ1) is 17.3.